The van der Waals surface area contributed by atoms with Crippen LogP contribution in [0.3, 0.4) is 0 Å². The number of terminal acetylenes is 1. The second-order valence-corrected chi connectivity index (χ2v) is 6.96. The number of esters is 1. The lowest BCUT2D eigenvalue weighted by molar-refractivity contribution is -0.178. The molecule has 0 aromatic heterocycles. The molecule has 1 atom stereocenters. The van der Waals surface area contributed by atoms with Gasteiger partial charge in [0.15, 0.2) is 6.29 Å². The van der Waals surface area contributed by atoms with E-state index < -0.39 is 11.7 Å². The Hall–Kier alpha value is -1.58. The number of carbonyl (C=O) groups is 2. The van der Waals surface area contributed by atoms with E-state index >= 15 is 0 Å². The van der Waals surface area contributed by atoms with Gasteiger partial charge in [-0.3, -0.25) is 9.59 Å². The van der Waals surface area contributed by atoms with Crippen molar-refractivity contribution in [2.45, 2.75) is 85.2 Å². The fourth-order valence-electron chi connectivity index (χ4n) is 2.54. The van der Waals surface area contributed by atoms with Gasteiger partial charge in [0.25, 0.3) is 0 Å². The summed E-state index contributed by atoms with van der Waals surface area (Å²) in [5.41, 5.74) is -0.478. The number of amides is 1. The highest BCUT2D eigenvalue weighted by Gasteiger charge is 2.27. The number of ether oxygens (including phenoxy) is 3. The van der Waals surface area contributed by atoms with Crippen molar-refractivity contribution in [2.75, 3.05) is 13.7 Å². The lowest BCUT2D eigenvalue weighted by Gasteiger charge is -2.27. The van der Waals surface area contributed by atoms with E-state index in [9.17, 15) is 9.59 Å². The van der Waals surface area contributed by atoms with Crippen molar-refractivity contribution >= 4 is 11.9 Å². The summed E-state index contributed by atoms with van der Waals surface area (Å²) < 4.78 is 16.0. The molecule has 0 bridgehead atoms. The largest absolute Gasteiger partial charge is 0.469 e. The number of methoxy groups -OCH3 is 1. The average molecular weight is 370 g/mol. The molecule has 0 fully saturated rings. The molecule has 0 heterocycles. The van der Waals surface area contributed by atoms with Crippen LogP contribution in [0.1, 0.15) is 66.7 Å². The van der Waals surface area contributed by atoms with E-state index in [1.54, 1.807) is 0 Å². The molecule has 0 saturated carbocycles. The van der Waals surface area contributed by atoms with Crippen LogP contribution in [-0.2, 0) is 23.8 Å². The zero-order valence-corrected chi connectivity index (χ0v) is 17.1. The Kier molecular flexibility index (Phi) is 11.9. The first-order chi connectivity index (χ1) is 12.2. The third-order valence-corrected chi connectivity index (χ3v) is 4.16. The lowest BCUT2D eigenvalue weighted by Crippen LogP contribution is -2.38. The van der Waals surface area contributed by atoms with E-state index in [0.717, 1.165) is 0 Å². The molecule has 0 spiro atoms. The average Bonchev–Trinajstić information content (AvgIpc) is 2.59. The van der Waals surface area contributed by atoms with E-state index in [1.807, 2.05) is 34.6 Å². The maximum absolute atomic E-state index is 12.2. The molecule has 0 rings (SSSR count). The first-order valence-electron chi connectivity index (χ1n) is 9.30. The van der Waals surface area contributed by atoms with Crippen LogP contribution in [-0.4, -0.2) is 44.0 Å². The summed E-state index contributed by atoms with van der Waals surface area (Å²) in [7, 11) is 1.36. The van der Waals surface area contributed by atoms with Crippen LogP contribution in [0, 0.1) is 17.8 Å². The fraction of sp³-hybridized carbons (Fsp3) is 0.800. The predicted octanol–water partition coefficient (Wildman–Crippen LogP) is 3.04. The third kappa shape index (κ3) is 10.4. The van der Waals surface area contributed by atoms with Gasteiger partial charge in [-0.25, -0.2) is 0 Å². The monoisotopic (exact) mass is 369 g/mol. The van der Waals surface area contributed by atoms with Crippen LogP contribution in [0.4, 0.5) is 0 Å². The lowest BCUT2D eigenvalue weighted by atomic mass is 9.77. The molecule has 150 valence electrons. The van der Waals surface area contributed by atoms with E-state index in [1.165, 1.54) is 7.11 Å². The minimum Gasteiger partial charge on any atom is -0.469 e. The third-order valence-electron chi connectivity index (χ3n) is 4.16. The molecule has 26 heavy (non-hydrogen) atoms. The van der Waals surface area contributed by atoms with Crippen molar-refractivity contribution in [3.05, 3.63) is 0 Å². The van der Waals surface area contributed by atoms with Crippen molar-refractivity contribution in [3.63, 3.8) is 0 Å². The van der Waals surface area contributed by atoms with Gasteiger partial charge in [0, 0.05) is 18.3 Å². The van der Waals surface area contributed by atoms with Crippen molar-refractivity contribution in [1.29, 1.82) is 0 Å². The highest BCUT2D eigenvalue weighted by atomic mass is 16.7. The molecule has 0 unspecified atom stereocenters. The van der Waals surface area contributed by atoms with Gasteiger partial charge in [0.1, 0.15) is 0 Å². The van der Waals surface area contributed by atoms with Gasteiger partial charge in [0.2, 0.25) is 5.91 Å². The quantitative estimate of drug-likeness (QED) is 0.307. The van der Waals surface area contributed by atoms with Crippen molar-refractivity contribution in [3.8, 4) is 12.3 Å². The second-order valence-electron chi connectivity index (χ2n) is 6.96. The van der Waals surface area contributed by atoms with Gasteiger partial charge < -0.3 is 19.5 Å². The van der Waals surface area contributed by atoms with Crippen LogP contribution in [0.15, 0.2) is 0 Å². The number of nitrogens with one attached hydrogen (secondary N) is 1. The predicted molar refractivity (Wildman–Crippen MR) is 101 cm³/mol. The molecule has 1 amide bonds. The molecule has 0 aromatic rings. The van der Waals surface area contributed by atoms with E-state index in [-0.39, 0.29) is 43.5 Å². The molecule has 6 nitrogen and oxygen atoms in total. The molecule has 0 saturated heterocycles. The maximum atomic E-state index is 12.2. The van der Waals surface area contributed by atoms with Crippen LogP contribution >= 0.6 is 0 Å². The standard InChI is InChI=1S/C20H35NO5/c1-8-20(9-2,13-11-18(23)24-7)12-10-17(22)21-14-19(25-15(3)4)26-16(5)6/h1,15-16,19H,9-14H2,2-7H3,(H,21,22)/t20-/m0/s1. The second kappa shape index (κ2) is 12.7. The SMILES string of the molecule is C#C[C@](CC)(CCC(=O)NCC(OC(C)C)OC(C)C)CCC(=O)OC. The van der Waals surface area contributed by atoms with Gasteiger partial charge in [-0.15, -0.1) is 6.42 Å². The zero-order chi connectivity index (χ0) is 20.2. The highest BCUT2D eigenvalue weighted by molar-refractivity contribution is 5.76. The van der Waals surface area contributed by atoms with Crippen LogP contribution in [0.2, 0.25) is 0 Å². The van der Waals surface area contributed by atoms with Gasteiger partial charge in [-0.2, -0.15) is 0 Å². The van der Waals surface area contributed by atoms with Gasteiger partial charge in [0.05, 0.1) is 25.9 Å². The summed E-state index contributed by atoms with van der Waals surface area (Å²) in [4.78, 5) is 23.6. The number of hydrogen-bond donors (Lipinski definition) is 1. The van der Waals surface area contributed by atoms with Gasteiger partial charge in [-0.1, -0.05) is 12.8 Å². The van der Waals surface area contributed by atoms with Crippen LogP contribution in [0.5, 0.6) is 0 Å². The molecule has 0 aromatic carbocycles. The Balaban J connectivity index is 4.53. The summed E-state index contributed by atoms with van der Waals surface area (Å²) in [5.74, 6) is 2.38. The summed E-state index contributed by atoms with van der Waals surface area (Å²) in [5, 5.41) is 2.84. The topological polar surface area (TPSA) is 73.9 Å². The Morgan fingerprint density at radius 3 is 2.04 bits per heavy atom. The van der Waals surface area contributed by atoms with Crippen LogP contribution in [0.25, 0.3) is 0 Å². The van der Waals surface area contributed by atoms with E-state index in [4.69, 9.17) is 15.9 Å². The van der Waals surface area contributed by atoms with Crippen molar-refractivity contribution in [2.24, 2.45) is 5.41 Å². The summed E-state index contributed by atoms with van der Waals surface area (Å²) in [6, 6.07) is 0. The normalized spacial score (nSPS) is 13.5. The zero-order valence-electron chi connectivity index (χ0n) is 17.1. The highest BCUT2D eigenvalue weighted by Crippen LogP contribution is 2.32. The van der Waals surface area contributed by atoms with E-state index in [0.29, 0.717) is 19.3 Å². The molecule has 1 N–H and O–H groups in total. The minimum atomic E-state index is -0.484. The van der Waals surface area contributed by atoms with Gasteiger partial charge >= 0.3 is 5.97 Å². The molecule has 0 aliphatic rings. The molecule has 6 heteroatoms. The summed E-state index contributed by atoms with van der Waals surface area (Å²) in [6.07, 6.45) is 7.48. The summed E-state index contributed by atoms with van der Waals surface area (Å²) >= 11 is 0. The Morgan fingerprint density at radius 1 is 1.08 bits per heavy atom. The minimum absolute atomic E-state index is 0.00292. The summed E-state index contributed by atoms with van der Waals surface area (Å²) in [6.45, 7) is 9.93. The number of rotatable bonds is 13. The molecule has 0 aliphatic carbocycles. The Morgan fingerprint density at radius 2 is 1.62 bits per heavy atom. The Labute approximate surface area is 158 Å². The van der Waals surface area contributed by atoms with Crippen molar-refractivity contribution in [1.82, 2.24) is 5.32 Å². The first-order valence-corrected chi connectivity index (χ1v) is 9.30. The Bertz CT molecular complexity index is 459. The van der Waals surface area contributed by atoms with Gasteiger partial charge in [-0.05, 0) is 47.0 Å². The fourth-order valence-corrected chi connectivity index (χ4v) is 2.54. The van der Waals surface area contributed by atoms with Crippen LogP contribution < -0.4 is 5.32 Å². The molecule has 0 aliphatic heterocycles. The molecular formula is C20H35NO5. The smallest absolute Gasteiger partial charge is 0.305 e. The first kappa shape index (κ1) is 24.4. The van der Waals surface area contributed by atoms with E-state index in [2.05, 4.69) is 16.0 Å². The number of carbonyl (C=O) groups excluding carboxylic acids is 2. The molecule has 0 radical (unpaired) electrons. The van der Waals surface area contributed by atoms with Crippen molar-refractivity contribution < 1.29 is 23.8 Å². The molecular weight excluding hydrogens is 334 g/mol. The number of hydrogen-bond acceptors (Lipinski definition) is 5. The maximum Gasteiger partial charge on any atom is 0.305 e.